The largest absolute Gasteiger partial charge is 0.394 e. The number of aliphatic hydroxyl groups is 2. The lowest BCUT2D eigenvalue weighted by Crippen LogP contribution is -2.43. The Balaban J connectivity index is 2.97. The van der Waals surface area contributed by atoms with Crippen molar-refractivity contribution in [3.05, 3.63) is 17.4 Å². The SMILES string of the molecule is B[C@@H]1O[C@H](CO)C(O)[C@]1(F)C=C=C(C)C. The van der Waals surface area contributed by atoms with Crippen LogP contribution in [0, 0.1) is 0 Å². The molecule has 84 valence electrons. The molecule has 0 aliphatic carbocycles. The van der Waals surface area contributed by atoms with Crippen LogP contribution in [-0.2, 0) is 4.74 Å². The third-order valence-electron chi connectivity index (χ3n) is 2.57. The summed E-state index contributed by atoms with van der Waals surface area (Å²) in [6.45, 7) is 3.19. The molecule has 0 amide bonds. The fourth-order valence-corrected chi connectivity index (χ4v) is 1.57. The van der Waals surface area contributed by atoms with Crippen LogP contribution in [0.15, 0.2) is 17.4 Å². The van der Waals surface area contributed by atoms with E-state index in [4.69, 9.17) is 9.84 Å². The Morgan fingerprint density at radius 1 is 1.67 bits per heavy atom. The molecule has 0 aromatic rings. The maximum absolute atomic E-state index is 14.3. The summed E-state index contributed by atoms with van der Waals surface area (Å²) < 4.78 is 19.4. The summed E-state index contributed by atoms with van der Waals surface area (Å²) in [5.74, 6) is 0. The topological polar surface area (TPSA) is 49.7 Å². The molecule has 1 fully saturated rings. The molecule has 0 aromatic carbocycles. The first-order valence-electron chi connectivity index (χ1n) is 4.96. The Hall–Kier alpha value is -0.605. The highest BCUT2D eigenvalue weighted by Crippen LogP contribution is 2.34. The highest BCUT2D eigenvalue weighted by Gasteiger charge is 2.53. The molecule has 1 rings (SSSR count). The zero-order valence-corrected chi connectivity index (χ0v) is 9.20. The minimum atomic E-state index is -1.97. The van der Waals surface area contributed by atoms with Gasteiger partial charge in [0.15, 0.2) is 5.67 Å². The lowest BCUT2D eigenvalue weighted by atomic mass is 9.81. The second kappa shape index (κ2) is 4.50. The second-order valence-corrected chi connectivity index (χ2v) is 4.06. The lowest BCUT2D eigenvalue weighted by molar-refractivity contribution is -0.00856. The molecule has 1 aliphatic rings. The van der Waals surface area contributed by atoms with Crippen molar-refractivity contribution in [3.8, 4) is 0 Å². The van der Waals surface area contributed by atoms with Crippen molar-refractivity contribution in [1.82, 2.24) is 0 Å². The highest BCUT2D eigenvalue weighted by molar-refractivity contribution is 6.12. The molecule has 5 heteroatoms. The van der Waals surface area contributed by atoms with Gasteiger partial charge in [0.1, 0.15) is 20.1 Å². The number of hydrogen-bond donors (Lipinski definition) is 2. The maximum Gasteiger partial charge on any atom is 0.182 e. The predicted molar refractivity (Wildman–Crippen MR) is 57.1 cm³/mol. The van der Waals surface area contributed by atoms with E-state index in [2.05, 4.69) is 5.73 Å². The van der Waals surface area contributed by atoms with Crippen LogP contribution in [0.2, 0.25) is 0 Å². The summed E-state index contributed by atoms with van der Waals surface area (Å²) in [5.41, 5.74) is 1.58. The highest BCUT2D eigenvalue weighted by atomic mass is 19.1. The van der Waals surface area contributed by atoms with Crippen molar-refractivity contribution in [2.75, 3.05) is 6.61 Å². The van der Waals surface area contributed by atoms with Crippen LogP contribution in [-0.4, -0.2) is 48.5 Å². The average molecular weight is 214 g/mol. The summed E-state index contributed by atoms with van der Waals surface area (Å²) in [7, 11) is 1.53. The van der Waals surface area contributed by atoms with Crippen LogP contribution >= 0.6 is 0 Å². The van der Waals surface area contributed by atoms with E-state index in [0.717, 1.165) is 5.57 Å². The van der Waals surface area contributed by atoms with Gasteiger partial charge in [-0.3, -0.25) is 0 Å². The van der Waals surface area contributed by atoms with Gasteiger partial charge in [-0.1, -0.05) is 0 Å². The van der Waals surface area contributed by atoms with Crippen molar-refractivity contribution in [2.45, 2.75) is 37.7 Å². The first-order chi connectivity index (χ1) is 6.91. The predicted octanol–water partition coefficient (Wildman–Crippen LogP) is -0.473. The van der Waals surface area contributed by atoms with Gasteiger partial charge < -0.3 is 14.9 Å². The molecule has 0 spiro atoms. The van der Waals surface area contributed by atoms with Gasteiger partial charge >= 0.3 is 0 Å². The Labute approximate surface area is 89.7 Å². The molecule has 1 unspecified atom stereocenters. The first kappa shape index (κ1) is 12.5. The van der Waals surface area contributed by atoms with E-state index in [9.17, 15) is 9.50 Å². The number of hydrogen-bond acceptors (Lipinski definition) is 3. The summed E-state index contributed by atoms with van der Waals surface area (Å²) in [4.78, 5) is 0. The third-order valence-corrected chi connectivity index (χ3v) is 2.57. The molecule has 1 saturated heterocycles. The molecule has 2 N–H and O–H groups in total. The third kappa shape index (κ3) is 2.32. The van der Waals surface area contributed by atoms with E-state index < -0.39 is 23.9 Å². The normalized spacial score (nSPS) is 39.9. The van der Waals surface area contributed by atoms with Crippen LogP contribution in [0.4, 0.5) is 4.39 Å². The number of halogens is 1. The Morgan fingerprint density at radius 2 is 2.27 bits per heavy atom. The molecule has 0 saturated carbocycles. The van der Waals surface area contributed by atoms with Crippen LogP contribution in [0.25, 0.3) is 0 Å². The van der Waals surface area contributed by atoms with Gasteiger partial charge in [-0.05, 0) is 25.5 Å². The summed E-state index contributed by atoms with van der Waals surface area (Å²) in [6.07, 6.45) is -1.02. The van der Waals surface area contributed by atoms with Crippen LogP contribution in [0.1, 0.15) is 13.8 Å². The zero-order valence-electron chi connectivity index (χ0n) is 9.20. The molecule has 0 bridgehead atoms. The Bertz CT molecular complexity index is 297. The van der Waals surface area contributed by atoms with Gasteiger partial charge in [0, 0.05) is 0 Å². The number of ether oxygens (including phenoxy) is 1. The van der Waals surface area contributed by atoms with Crippen LogP contribution in [0.3, 0.4) is 0 Å². The summed E-state index contributed by atoms with van der Waals surface area (Å²) in [6, 6.07) is -0.781. The molecule has 1 aliphatic heterocycles. The monoisotopic (exact) mass is 214 g/mol. The van der Waals surface area contributed by atoms with Gasteiger partial charge in [-0.25, -0.2) is 4.39 Å². The summed E-state index contributed by atoms with van der Waals surface area (Å²) >= 11 is 0. The molecular formula is C10H16BFO3. The molecule has 1 heterocycles. The Kier molecular flexibility index (Phi) is 3.74. The van der Waals surface area contributed by atoms with E-state index in [0.29, 0.717) is 0 Å². The van der Waals surface area contributed by atoms with E-state index in [1.54, 1.807) is 13.8 Å². The minimum Gasteiger partial charge on any atom is -0.394 e. The van der Waals surface area contributed by atoms with Gasteiger partial charge in [0.05, 0.1) is 12.6 Å². The maximum atomic E-state index is 14.3. The molecule has 3 nitrogen and oxygen atoms in total. The molecule has 0 radical (unpaired) electrons. The molecule has 4 atom stereocenters. The van der Waals surface area contributed by atoms with Gasteiger partial charge in [0.25, 0.3) is 0 Å². The van der Waals surface area contributed by atoms with Gasteiger partial charge in [-0.15, -0.1) is 5.73 Å². The van der Waals surface area contributed by atoms with E-state index >= 15 is 0 Å². The summed E-state index contributed by atoms with van der Waals surface area (Å²) in [5, 5.41) is 18.5. The zero-order chi connectivity index (χ0) is 11.6. The van der Waals surface area contributed by atoms with Crippen molar-refractivity contribution >= 4 is 7.85 Å². The van der Waals surface area contributed by atoms with E-state index in [1.807, 2.05) is 0 Å². The molecule has 0 aromatic heterocycles. The van der Waals surface area contributed by atoms with Crippen molar-refractivity contribution in [2.24, 2.45) is 0 Å². The number of aliphatic hydroxyl groups excluding tert-OH is 2. The van der Waals surface area contributed by atoms with Gasteiger partial charge in [-0.2, -0.15) is 0 Å². The first-order valence-corrected chi connectivity index (χ1v) is 4.96. The van der Waals surface area contributed by atoms with Crippen molar-refractivity contribution in [3.63, 3.8) is 0 Å². The fourth-order valence-electron chi connectivity index (χ4n) is 1.57. The van der Waals surface area contributed by atoms with Crippen molar-refractivity contribution < 1.29 is 19.3 Å². The van der Waals surface area contributed by atoms with E-state index in [1.165, 1.54) is 13.9 Å². The fraction of sp³-hybridized carbons (Fsp3) is 0.700. The average Bonchev–Trinajstić information content (AvgIpc) is 2.40. The van der Waals surface area contributed by atoms with Crippen LogP contribution in [0.5, 0.6) is 0 Å². The smallest absolute Gasteiger partial charge is 0.182 e. The molecular weight excluding hydrogens is 198 g/mol. The van der Waals surface area contributed by atoms with Gasteiger partial charge in [0.2, 0.25) is 0 Å². The number of alkyl halides is 1. The second-order valence-electron chi connectivity index (χ2n) is 4.06. The quantitative estimate of drug-likeness (QED) is 0.482. The lowest BCUT2D eigenvalue weighted by Gasteiger charge is -2.21. The van der Waals surface area contributed by atoms with Crippen LogP contribution < -0.4 is 0 Å². The van der Waals surface area contributed by atoms with Crippen molar-refractivity contribution in [1.29, 1.82) is 0 Å². The standard InChI is InChI=1S/C10H16BFO3/c1-6(2)3-4-10(12)8(14)7(5-13)15-9(10)11/h4,7-9,13-14H,5,11H2,1-2H3/t7-,8?,9-,10-/m1/s1. The Morgan fingerprint density at radius 3 is 2.67 bits per heavy atom. The van der Waals surface area contributed by atoms with E-state index in [-0.39, 0.29) is 6.61 Å². The number of rotatable bonds is 2. The minimum absolute atomic E-state index is 0.389. The molecule has 15 heavy (non-hydrogen) atoms.